The fraction of sp³-hybridized carbons (Fsp3) is 0.300. The van der Waals surface area contributed by atoms with Crippen LogP contribution in [-0.2, 0) is 6.42 Å². The number of benzene rings is 2. The molecule has 0 spiro atoms. The van der Waals surface area contributed by atoms with E-state index >= 15 is 0 Å². The number of nitrogens with one attached hydrogen (secondary N) is 2. The molecule has 0 radical (unpaired) electrons. The van der Waals surface area contributed by atoms with E-state index in [0.29, 0.717) is 42.6 Å². The number of ether oxygens (including phenoxy) is 3. The largest absolute Gasteiger partial charge is 0.493 e. The van der Waals surface area contributed by atoms with Crippen molar-refractivity contribution in [2.75, 3.05) is 26.9 Å². The molecule has 1 aromatic heterocycles. The fourth-order valence-corrected chi connectivity index (χ4v) is 3.09. The number of aryl methyl sites for hydroxylation is 1. The average molecular weight is 367 g/mol. The monoisotopic (exact) mass is 367 g/mol. The van der Waals surface area contributed by atoms with Gasteiger partial charge in [-0.2, -0.15) is 0 Å². The smallest absolute Gasteiger partial charge is 0.251 e. The Bertz CT molecular complexity index is 917. The summed E-state index contributed by atoms with van der Waals surface area (Å²) in [5, 5.41) is 2.93. The van der Waals surface area contributed by atoms with Crippen LogP contribution in [0.5, 0.6) is 17.2 Å². The van der Waals surface area contributed by atoms with Crippen LogP contribution in [0, 0.1) is 0 Å². The first-order valence-corrected chi connectivity index (χ1v) is 8.94. The lowest BCUT2D eigenvalue weighted by Crippen LogP contribution is -2.25. The molecular weight excluding hydrogens is 346 g/mol. The summed E-state index contributed by atoms with van der Waals surface area (Å²) < 4.78 is 16.5. The zero-order valence-electron chi connectivity index (χ0n) is 15.1. The van der Waals surface area contributed by atoms with Gasteiger partial charge in [-0.05, 0) is 30.7 Å². The first-order chi connectivity index (χ1) is 13.2. The van der Waals surface area contributed by atoms with Gasteiger partial charge in [0, 0.05) is 18.5 Å². The van der Waals surface area contributed by atoms with Crippen LogP contribution in [0.15, 0.2) is 36.4 Å². The first kappa shape index (κ1) is 17.2. The molecule has 7 heteroatoms. The van der Waals surface area contributed by atoms with E-state index in [1.807, 2.05) is 24.3 Å². The Morgan fingerprint density at radius 3 is 2.96 bits per heavy atom. The molecule has 7 nitrogen and oxygen atoms in total. The van der Waals surface area contributed by atoms with Crippen LogP contribution < -0.4 is 19.5 Å². The Morgan fingerprint density at radius 1 is 1.26 bits per heavy atom. The van der Waals surface area contributed by atoms with Crippen LogP contribution in [0.1, 0.15) is 22.6 Å². The molecule has 0 fully saturated rings. The number of hydrogen-bond acceptors (Lipinski definition) is 5. The Kier molecular flexibility index (Phi) is 4.82. The summed E-state index contributed by atoms with van der Waals surface area (Å²) in [5.74, 6) is 2.33. The van der Waals surface area contributed by atoms with Crippen molar-refractivity contribution >= 4 is 16.9 Å². The minimum absolute atomic E-state index is 0.171. The SMILES string of the molecule is COc1cc(C(=O)NCCCc2nc3ccccc3[nH]2)cc2c1OCCO2. The van der Waals surface area contributed by atoms with Crippen molar-refractivity contribution in [1.29, 1.82) is 0 Å². The second-order valence-corrected chi connectivity index (χ2v) is 6.26. The molecule has 2 aromatic carbocycles. The molecular formula is C20H21N3O4. The summed E-state index contributed by atoms with van der Waals surface area (Å²) in [5.41, 5.74) is 2.47. The van der Waals surface area contributed by atoms with Gasteiger partial charge in [-0.15, -0.1) is 0 Å². The molecule has 27 heavy (non-hydrogen) atoms. The number of aromatic amines is 1. The quantitative estimate of drug-likeness (QED) is 0.655. The first-order valence-electron chi connectivity index (χ1n) is 8.94. The molecule has 0 bridgehead atoms. The maximum Gasteiger partial charge on any atom is 0.251 e. The molecule has 0 unspecified atom stereocenters. The van der Waals surface area contributed by atoms with Gasteiger partial charge >= 0.3 is 0 Å². The van der Waals surface area contributed by atoms with Gasteiger partial charge < -0.3 is 24.5 Å². The van der Waals surface area contributed by atoms with E-state index < -0.39 is 0 Å². The summed E-state index contributed by atoms with van der Waals surface area (Å²) >= 11 is 0. The predicted molar refractivity (Wildman–Crippen MR) is 101 cm³/mol. The second-order valence-electron chi connectivity index (χ2n) is 6.26. The molecule has 1 amide bonds. The van der Waals surface area contributed by atoms with Gasteiger partial charge in [-0.25, -0.2) is 4.98 Å². The number of carbonyl (C=O) groups excluding carboxylic acids is 1. The van der Waals surface area contributed by atoms with Crippen molar-refractivity contribution in [2.45, 2.75) is 12.8 Å². The Hall–Kier alpha value is -3.22. The van der Waals surface area contributed by atoms with Gasteiger partial charge in [0.25, 0.3) is 5.91 Å². The third kappa shape index (κ3) is 3.67. The molecule has 0 atom stereocenters. The van der Waals surface area contributed by atoms with E-state index in [0.717, 1.165) is 29.7 Å². The summed E-state index contributed by atoms with van der Waals surface area (Å²) in [6.45, 7) is 1.47. The molecule has 1 aliphatic rings. The van der Waals surface area contributed by atoms with Crippen LogP contribution in [-0.4, -0.2) is 42.7 Å². The minimum Gasteiger partial charge on any atom is -0.493 e. The highest BCUT2D eigenvalue weighted by atomic mass is 16.6. The lowest BCUT2D eigenvalue weighted by Gasteiger charge is -2.21. The third-order valence-electron chi connectivity index (χ3n) is 4.40. The Morgan fingerprint density at radius 2 is 2.11 bits per heavy atom. The molecule has 2 heterocycles. The van der Waals surface area contributed by atoms with Gasteiger partial charge in [-0.3, -0.25) is 4.79 Å². The number of amides is 1. The van der Waals surface area contributed by atoms with Gasteiger partial charge in [0.1, 0.15) is 19.0 Å². The molecule has 3 aromatic rings. The number of carbonyl (C=O) groups is 1. The number of fused-ring (bicyclic) bond motifs is 2. The molecule has 0 aliphatic carbocycles. The highest BCUT2D eigenvalue weighted by molar-refractivity contribution is 5.95. The maximum absolute atomic E-state index is 12.5. The van der Waals surface area contributed by atoms with E-state index in [2.05, 4.69) is 15.3 Å². The predicted octanol–water partition coefficient (Wildman–Crippen LogP) is 2.71. The van der Waals surface area contributed by atoms with Gasteiger partial charge in [0.05, 0.1) is 18.1 Å². The van der Waals surface area contributed by atoms with Crippen LogP contribution in [0.4, 0.5) is 0 Å². The number of imidazole rings is 1. The Labute approximate surface area is 156 Å². The van der Waals surface area contributed by atoms with E-state index in [-0.39, 0.29) is 5.91 Å². The Balaban J connectivity index is 1.35. The molecule has 140 valence electrons. The van der Waals surface area contributed by atoms with Crippen molar-refractivity contribution in [3.05, 3.63) is 47.8 Å². The molecule has 4 rings (SSSR count). The standard InChI is InChI=1S/C20H21N3O4/c1-25-16-11-13(12-17-19(16)27-10-9-26-17)20(24)21-8-4-7-18-22-14-5-2-3-6-15(14)23-18/h2-3,5-6,11-12H,4,7-10H2,1H3,(H,21,24)(H,22,23). The normalized spacial score (nSPS) is 12.8. The molecule has 0 saturated carbocycles. The van der Waals surface area contributed by atoms with Crippen LogP contribution in [0.3, 0.4) is 0 Å². The molecule has 1 aliphatic heterocycles. The number of para-hydroxylation sites is 2. The van der Waals surface area contributed by atoms with Gasteiger partial charge in [0.15, 0.2) is 11.5 Å². The average Bonchev–Trinajstić information content (AvgIpc) is 3.13. The number of H-pyrrole nitrogens is 1. The summed E-state index contributed by atoms with van der Waals surface area (Å²) in [4.78, 5) is 20.3. The van der Waals surface area contributed by atoms with E-state index in [1.54, 1.807) is 19.2 Å². The number of hydrogen-bond donors (Lipinski definition) is 2. The number of nitrogens with zero attached hydrogens (tertiary/aromatic N) is 1. The lowest BCUT2D eigenvalue weighted by atomic mass is 10.1. The van der Waals surface area contributed by atoms with Crippen molar-refractivity contribution in [2.24, 2.45) is 0 Å². The minimum atomic E-state index is -0.171. The van der Waals surface area contributed by atoms with Crippen LogP contribution in [0.25, 0.3) is 11.0 Å². The van der Waals surface area contributed by atoms with Crippen molar-refractivity contribution in [1.82, 2.24) is 15.3 Å². The number of aromatic nitrogens is 2. The highest BCUT2D eigenvalue weighted by Gasteiger charge is 2.20. The summed E-state index contributed by atoms with van der Waals surface area (Å²) in [6, 6.07) is 11.3. The van der Waals surface area contributed by atoms with Gasteiger partial charge in [-0.1, -0.05) is 12.1 Å². The maximum atomic E-state index is 12.5. The van der Waals surface area contributed by atoms with Crippen LogP contribution in [0.2, 0.25) is 0 Å². The molecule has 2 N–H and O–H groups in total. The number of methoxy groups -OCH3 is 1. The molecule has 0 saturated heterocycles. The fourth-order valence-electron chi connectivity index (χ4n) is 3.09. The number of rotatable bonds is 6. The van der Waals surface area contributed by atoms with E-state index in [9.17, 15) is 4.79 Å². The zero-order valence-corrected chi connectivity index (χ0v) is 15.1. The second kappa shape index (κ2) is 7.57. The van der Waals surface area contributed by atoms with Crippen molar-refractivity contribution in [3.8, 4) is 17.2 Å². The highest BCUT2D eigenvalue weighted by Crippen LogP contribution is 2.40. The summed E-state index contributed by atoms with van der Waals surface area (Å²) in [6.07, 6.45) is 1.55. The topological polar surface area (TPSA) is 85.5 Å². The van der Waals surface area contributed by atoms with Gasteiger partial charge in [0.2, 0.25) is 5.75 Å². The van der Waals surface area contributed by atoms with E-state index in [1.165, 1.54) is 0 Å². The van der Waals surface area contributed by atoms with Crippen molar-refractivity contribution in [3.63, 3.8) is 0 Å². The zero-order chi connectivity index (χ0) is 18.6. The third-order valence-corrected chi connectivity index (χ3v) is 4.40. The lowest BCUT2D eigenvalue weighted by molar-refractivity contribution is 0.0951. The summed E-state index contributed by atoms with van der Waals surface area (Å²) in [7, 11) is 1.54. The van der Waals surface area contributed by atoms with Crippen molar-refractivity contribution < 1.29 is 19.0 Å². The van der Waals surface area contributed by atoms with E-state index in [4.69, 9.17) is 14.2 Å². The van der Waals surface area contributed by atoms with Crippen LogP contribution >= 0.6 is 0 Å².